The van der Waals surface area contributed by atoms with E-state index in [9.17, 15) is 0 Å². The summed E-state index contributed by atoms with van der Waals surface area (Å²) in [4.78, 5) is 15.6. The quantitative estimate of drug-likeness (QED) is 0.170. The van der Waals surface area contributed by atoms with Crippen molar-refractivity contribution in [1.82, 2.24) is 19.5 Å². The Kier molecular flexibility index (Phi) is 6.56. The first kappa shape index (κ1) is 30.8. The molecule has 0 aliphatic rings. The minimum atomic E-state index is 0.590. The monoisotopic (exact) mass is 714 g/mol. The van der Waals surface area contributed by atoms with E-state index in [0.29, 0.717) is 17.5 Å². The molecule has 0 radical (unpaired) electrons. The second-order valence-corrected chi connectivity index (χ2v) is 14.4. The molecular weight excluding hydrogens is 685 g/mol. The highest BCUT2D eigenvalue weighted by molar-refractivity contribution is 6.16. The first-order chi connectivity index (χ1) is 27.7. The van der Waals surface area contributed by atoms with Crippen LogP contribution in [0.2, 0.25) is 0 Å². The fraction of sp³-hybridized carbons (Fsp3) is 0. The molecule has 0 unspecified atom stereocenters. The SMILES string of the molecule is c1ccc(-c2nc(-c3ccc4c(ccc5ccccc54)c3)nc(-c3cc(-n4c5ccccc5c5cc6ccccc6cc54)c4oc5ccccc5c4c3)n2)cc1. The standard InChI is InChI=1S/C51H30N4O/c1-2-13-32(14-3-1)49-52-50(36-24-25-39-35(26-36)23-22-31-12-6-7-17-38(31)39)54-51(53-49)37-28-43-41-19-9-11-21-47(41)56-48(43)46(30-37)55-44-20-10-8-18-40(44)42-27-33-15-4-5-16-34(33)29-45(42)55/h1-30H. The van der Waals surface area contributed by atoms with Crippen LogP contribution >= 0.6 is 0 Å². The van der Waals surface area contributed by atoms with E-state index in [4.69, 9.17) is 19.4 Å². The summed E-state index contributed by atoms with van der Waals surface area (Å²) in [6.07, 6.45) is 0. The lowest BCUT2D eigenvalue weighted by Gasteiger charge is -2.13. The third kappa shape index (κ3) is 4.71. The van der Waals surface area contributed by atoms with Crippen molar-refractivity contribution in [3.8, 4) is 39.9 Å². The van der Waals surface area contributed by atoms with Crippen molar-refractivity contribution in [2.75, 3.05) is 0 Å². The molecule has 0 spiro atoms. The lowest BCUT2D eigenvalue weighted by atomic mass is 10.00. The van der Waals surface area contributed by atoms with Crippen LogP contribution in [0.5, 0.6) is 0 Å². The number of para-hydroxylation sites is 2. The summed E-state index contributed by atoms with van der Waals surface area (Å²) in [6, 6.07) is 63.9. The van der Waals surface area contributed by atoms with Crippen molar-refractivity contribution >= 4 is 76.1 Å². The predicted molar refractivity (Wildman–Crippen MR) is 230 cm³/mol. The molecule has 3 aromatic heterocycles. The van der Waals surface area contributed by atoms with Crippen molar-refractivity contribution < 1.29 is 4.42 Å². The summed E-state index contributed by atoms with van der Waals surface area (Å²) < 4.78 is 9.11. The molecule has 0 fully saturated rings. The molecule has 0 aliphatic carbocycles. The molecule has 0 saturated heterocycles. The zero-order valence-corrected chi connectivity index (χ0v) is 30.0. The molecule has 0 atom stereocenters. The molecule has 12 aromatic rings. The van der Waals surface area contributed by atoms with Gasteiger partial charge in [0, 0.05) is 38.2 Å². The molecule has 56 heavy (non-hydrogen) atoms. The number of benzene rings is 9. The minimum absolute atomic E-state index is 0.590. The van der Waals surface area contributed by atoms with Gasteiger partial charge >= 0.3 is 0 Å². The van der Waals surface area contributed by atoms with Gasteiger partial charge in [-0.1, -0.05) is 140 Å². The third-order valence-electron chi connectivity index (χ3n) is 11.2. The summed E-state index contributed by atoms with van der Waals surface area (Å²) in [5.41, 5.74) is 7.50. The van der Waals surface area contributed by atoms with Gasteiger partial charge in [-0.15, -0.1) is 0 Å². The maximum atomic E-state index is 6.77. The van der Waals surface area contributed by atoms with Gasteiger partial charge in [-0.25, -0.2) is 15.0 Å². The van der Waals surface area contributed by atoms with Gasteiger partial charge in [0.1, 0.15) is 5.58 Å². The fourth-order valence-corrected chi connectivity index (χ4v) is 8.52. The van der Waals surface area contributed by atoms with E-state index in [1.165, 1.54) is 37.7 Å². The topological polar surface area (TPSA) is 56.7 Å². The van der Waals surface area contributed by atoms with Gasteiger partial charge in [-0.3, -0.25) is 0 Å². The van der Waals surface area contributed by atoms with Crippen LogP contribution in [0.15, 0.2) is 186 Å². The fourth-order valence-electron chi connectivity index (χ4n) is 8.52. The Morgan fingerprint density at radius 2 is 0.964 bits per heavy atom. The van der Waals surface area contributed by atoms with Crippen molar-refractivity contribution in [2.24, 2.45) is 0 Å². The highest BCUT2D eigenvalue weighted by Gasteiger charge is 2.22. The highest BCUT2D eigenvalue weighted by atomic mass is 16.3. The smallest absolute Gasteiger partial charge is 0.164 e. The Morgan fingerprint density at radius 3 is 1.80 bits per heavy atom. The first-order valence-electron chi connectivity index (χ1n) is 18.8. The number of nitrogens with zero attached hydrogens (tertiary/aromatic N) is 4. The number of rotatable bonds is 4. The van der Waals surface area contributed by atoms with Gasteiger partial charge in [-0.05, 0) is 74.8 Å². The van der Waals surface area contributed by atoms with Gasteiger partial charge in [0.25, 0.3) is 0 Å². The van der Waals surface area contributed by atoms with Crippen LogP contribution in [-0.2, 0) is 0 Å². The number of hydrogen-bond donors (Lipinski definition) is 0. The van der Waals surface area contributed by atoms with Gasteiger partial charge in [0.05, 0.1) is 16.7 Å². The maximum Gasteiger partial charge on any atom is 0.164 e. The van der Waals surface area contributed by atoms with Crippen LogP contribution in [0.1, 0.15) is 0 Å². The number of hydrogen-bond acceptors (Lipinski definition) is 4. The van der Waals surface area contributed by atoms with Crippen molar-refractivity contribution in [1.29, 1.82) is 0 Å². The van der Waals surface area contributed by atoms with Crippen molar-refractivity contribution in [2.45, 2.75) is 0 Å². The number of aromatic nitrogens is 4. The highest BCUT2D eigenvalue weighted by Crippen LogP contribution is 2.41. The molecule has 260 valence electrons. The van der Waals surface area contributed by atoms with E-state index >= 15 is 0 Å². The van der Waals surface area contributed by atoms with Gasteiger partial charge < -0.3 is 8.98 Å². The molecule has 0 N–H and O–H groups in total. The van der Waals surface area contributed by atoms with E-state index < -0.39 is 0 Å². The summed E-state index contributed by atoms with van der Waals surface area (Å²) in [6.45, 7) is 0. The van der Waals surface area contributed by atoms with Gasteiger partial charge in [0.15, 0.2) is 23.1 Å². The average molecular weight is 715 g/mol. The normalized spacial score (nSPS) is 11.9. The summed E-state index contributed by atoms with van der Waals surface area (Å²) >= 11 is 0. The van der Waals surface area contributed by atoms with Crippen LogP contribution in [0.3, 0.4) is 0 Å². The molecule has 3 heterocycles. The molecule has 0 amide bonds. The Balaban J connectivity index is 1.15. The molecule has 12 rings (SSSR count). The van der Waals surface area contributed by atoms with Gasteiger partial charge in [-0.2, -0.15) is 0 Å². The van der Waals surface area contributed by atoms with Crippen LogP contribution in [-0.4, -0.2) is 19.5 Å². The summed E-state index contributed by atoms with van der Waals surface area (Å²) in [7, 11) is 0. The van der Waals surface area contributed by atoms with Crippen LogP contribution in [0.25, 0.3) is 116 Å². The second-order valence-electron chi connectivity index (χ2n) is 14.4. The largest absolute Gasteiger partial charge is 0.454 e. The zero-order chi connectivity index (χ0) is 36.7. The van der Waals surface area contributed by atoms with E-state index in [0.717, 1.165) is 60.7 Å². The Bertz CT molecular complexity index is 3540. The lowest BCUT2D eigenvalue weighted by Crippen LogP contribution is -2.01. The van der Waals surface area contributed by atoms with Crippen LogP contribution in [0.4, 0.5) is 0 Å². The molecule has 0 bridgehead atoms. The molecular formula is C51H30N4O. The lowest BCUT2D eigenvalue weighted by molar-refractivity contribution is 0.666. The Labute approximate surface area is 320 Å². The molecule has 0 aliphatic heterocycles. The Morgan fingerprint density at radius 1 is 0.339 bits per heavy atom. The van der Waals surface area contributed by atoms with Crippen LogP contribution in [0, 0.1) is 0 Å². The van der Waals surface area contributed by atoms with E-state index in [2.05, 4.69) is 156 Å². The maximum absolute atomic E-state index is 6.77. The molecule has 5 nitrogen and oxygen atoms in total. The third-order valence-corrected chi connectivity index (χ3v) is 11.2. The number of fused-ring (bicyclic) bond motifs is 10. The second kappa shape index (κ2) is 11.9. The first-order valence-corrected chi connectivity index (χ1v) is 18.8. The minimum Gasteiger partial charge on any atom is -0.454 e. The van der Waals surface area contributed by atoms with Crippen molar-refractivity contribution in [3.63, 3.8) is 0 Å². The van der Waals surface area contributed by atoms with E-state index in [-0.39, 0.29) is 0 Å². The summed E-state index contributed by atoms with van der Waals surface area (Å²) in [5.74, 6) is 1.82. The predicted octanol–water partition coefficient (Wildman–Crippen LogP) is 13.3. The van der Waals surface area contributed by atoms with Crippen LogP contribution < -0.4 is 0 Å². The Hall–Kier alpha value is -7.63. The van der Waals surface area contributed by atoms with E-state index in [1.807, 2.05) is 30.3 Å². The van der Waals surface area contributed by atoms with E-state index in [1.54, 1.807) is 0 Å². The van der Waals surface area contributed by atoms with Gasteiger partial charge in [0.2, 0.25) is 0 Å². The summed E-state index contributed by atoms with van der Waals surface area (Å²) in [5, 5.41) is 11.6. The number of furan rings is 1. The zero-order valence-electron chi connectivity index (χ0n) is 30.0. The molecule has 0 saturated carbocycles. The molecule has 9 aromatic carbocycles. The molecule has 5 heteroatoms. The van der Waals surface area contributed by atoms with Crippen molar-refractivity contribution in [3.05, 3.63) is 182 Å². The average Bonchev–Trinajstić information content (AvgIpc) is 3.80.